The van der Waals surface area contributed by atoms with E-state index >= 15 is 0 Å². The number of thiazole rings is 1. The van der Waals surface area contributed by atoms with Gasteiger partial charge in [0.2, 0.25) is 0 Å². The normalized spacial score (nSPS) is 13.2. The van der Waals surface area contributed by atoms with Gasteiger partial charge in [-0.3, -0.25) is 4.99 Å². The zero-order chi connectivity index (χ0) is 19.2. The highest BCUT2D eigenvalue weighted by Crippen LogP contribution is 2.24. The summed E-state index contributed by atoms with van der Waals surface area (Å²) in [5.74, 6) is 0.388. The summed E-state index contributed by atoms with van der Waals surface area (Å²) in [5, 5.41) is 7.49. The van der Waals surface area contributed by atoms with Gasteiger partial charge in [-0.05, 0) is 48.7 Å². The predicted molar refractivity (Wildman–Crippen MR) is 119 cm³/mol. The first kappa shape index (κ1) is 25.1. The lowest BCUT2D eigenvalue weighted by Crippen LogP contribution is -2.51. The molecular weight excluding hydrogens is 465 g/mol. The summed E-state index contributed by atoms with van der Waals surface area (Å²) in [6, 6.07) is -0.0689. The highest BCUT2D eigenvalue weighted by Gasteiger charge is 2.22. The minimum atomic E-state index is -0.314. The van der Waals surface area contributed by atoms with Crippen molar-refractivity contribution in [2.24, 2.45) is 4.99 Å². The molecule has 0 amide bonds. The second kappa shape index (κ2) is 11.0. The Hall–Kier alpha value is -0.940. The Balaban J connectivity index is 0.00000625. The van der Waals surface area contributed by atoms with Crippen molar-refractivity contribution in [1.29, 1.82) is 0 Å². The molecule has 0 radical (unpaired) electrons. The van der Waals surface area contributed by atoms with Gasteiger partial charge >= 0.3 is 5.97 Å². The van der Waals surface area contributed by atoms with Crippen LogP contribution in [0.25, 0.3) is 0 Å². The molecule has 1 aromatic heterocycles. The summed E-state index contributed by atoms with van der Waals surface area (Å²) in [7, 11) is 5.84. The number of rotatable bonds is 7. The molecule has 26 heavy (non-hydrogen) atoms. The summed E-state index contributed by atoms with van der Waals surface area (Å²) in [4.78, 5) is 23.4. The third kappa shape index (κ3) is 6.99. The molecule has 0 aliphatic heterocycles. The number of carbonyl (C=O) groups is 1. The molecule has 2 N–H and O–H groups in total. The number of hydrogen-bond acceptors (Lipinski definition) is 6. The van der Waals surface area contributed by atoms with E-state index in [1.807, 2.05) is 13.8 Å². The first-order valence-electron chi connectivity index (χ1n) is 8.41. The van der Waals surface area contributed by atoms with Gasteiger partial charge in [-0.25, -0.2) is 9.78 Å². The van der Waals surface area contributed by atoms with Crippen LogP contribution in [0, 0.1) is 6.92 Å². The number of aryl methyl sites for hydroxylation is 1. The number of aliphatic imine (C=N–C) groups is 1. The summed E-state index contributed by atoms with van der Waals surface area (Å²) in [6.45, 7) is 11.0. The number of hydrogen-bond donors (Lipinski definition) is 2. The van der Waals surface area contributed by atoms with Crippen LogP contribution in [-0.4, -0.2) is 61.6 Å². The fraction of sp³-hybridized carbons (Fsp3) is 0.706. The van der Waals surface area contributed by atoms with Gasteiger partial charge in [-0.2, -0.15) is 0 Å². The van der Waals surface area contributed by atoms with E-state index in [0.29, 0.717) is 23.1 Å². The monoisotopic (exact) mass is 497 g/mol. The van der Waals surface area contributed by atoms with Crippen LogP contribution in [0.15, 0.2) is 4.99 Å². The number of halogens is 1. The van der Waals surface area contributed by atoms with E-state index < -0.39 is 0 Å². The summed E-state index contributed by atoms with van der Waals surface area (Å²) >= 11 is 1.36. The number of aromatic nitrogens is 1. The molecule has 0 bridgehead atoms. The van der Waals surface area contributed by atoms with Crippen LogP contribution in [0.3, 0.4) is 0 Å². The maximum atomic E-state index is 11.9. The van der Waals surface area contributed by atoms with Gasteiger partial charge in [0.05, 0.1) is 18.3 Å². The molecule has 1 atom stereocenters. The number of nitrogens with zero attached hydrogens (tertiary/aromatic N) is 3. The average molecular weight is 497 g/mol. The van der Waals surface area contributed by atoms with Gasteiger partial charge in [-0.15, -0.1) is 35.3 Å². The summed E-state index contributed by atoms with van der Waals surface area (Å²) in [5.41, 5.74) is 0.694. The highest BCUT2D eigenvalue weighted by atomic mass is 127. The molecule has 0 fully saturated rings. The van der Waals surface area contributed by atoms with Crippen molar-refractivity contribution >= 4 is 47.2 Å². The smallest absolute Gasteiger partial charge is 0.350 e. The van der Waals surface area contributed by atoms with Crippen LogP contribution < -0.4 is 10.6 Å². The van der Waals surface area contributed by atoms with E-state index in [-0.39, 0.29) is 41.5 Å². The Kier molecular flexibility index (Phi) is 10.6. The Labute approximate surface area is 178 Å². The highest BCUT2D eigenvalue weighted by molar-refractivity contribution is 14.0. The molecule has 1 heterocycles. The lowest BCUT2D eigenvalue weighted by molar-refractivity contribution is 0.0531. The van der Waals surface area contributed by atoms with Crippen LogP contribution in [0.5, 0.6) is 0 Å². The van der Waals surface area contributed by atoms with Gasteiger partial charge < -0.3 is 20.3 Å². The van der Waals surface area contributed by atoms with Gasteiger partial charge in [0.1, 0.15) is 9.88 Å². The number of carbonyl (C=O) groups excluding carboxylic acids is 1. The molecule has 0 aliphatic carbocycles. The maximum absolute atomic E-state index is 11.9. The number of nitrogens with one attached hydrogen (secondary N) is 2. The third-order valence-electron chi connectivity index (χ3n) is 4.12. The molecule has 1 aromatic rings. The maximum Gasteiger partial charge on any atom is 0.350 e. The lowest BCUT2D eigenvalue weighted by Gasteiger charge is -2.33. The van der Waals surface area contributed by atoms with Crippen molar-refractivity contribution in [3.63, 3.8) is 0 Å². The molecule has 0 saturated carbocycles. The van der Waals surface area contributed by atoms with Crippen molar-refractivity contribution in [2.45, 2.75) is 46.2 Å². The van der Waals surface area contributed by atoms with E-state index in [9.17, 15) is 4.79 Å². The van der Waals surface area contributed by atoms with Crippen LogP contribution in [0.4, 0.5) is 0 Å². The van der Waals surface area contributed by atoms with Crippen LogP contribution in [0.2, 0.25) is 0 Å². The van der Waals surface area contributed by atoms with Crippen molar-refractivity contribution < 1.29 is 9.53 Å². The zero-order valence-electron chi connectivity index (χ0n) is 17.0. The first-order chi connectivity index (χ1) is 11.6. The predicted octanol–water partition coefficient (Wildman–Crippen LogP) is 2.81. The van der Waals surface area contributed by atoms with E-state index in [2.05, 4.69) is 53.5 Å². The minimum Gasteiger partial charge on any atom is -0.462 e. The molecule has 150 valence electrons. The summed E-state index contributed by atoms with van der Waals surface area (Å²) < 4.78 is 5.07. The number of esters is 1. The Morgan fingerprint density at radius 1 is 1.42 bits per heavy atom. The topological polar surface area (TPSA) is 78.8 Å². The number of guanidine groups is 1. The molecule has 9 heteroatoms. The van der Waals surface area contributed by atoms with Gasteiger partial charge in [0.15, 0.2) is 5.96 Å². The quantitative estimate of drug-likeness (QED) is 0.261. The lowest BCUT2D eigenvalue weighted by atomic mass is 10.0. The molecule has 1 rings (SSSR count). The van der Waals surface area contributed by atoms with Crippen LogP contribution in [0.1, 0.15) is 54.1 Å². The van der Waals surface area contributed by atoms with Crippen LogP contribution in [-0.2, 0) is 4.74 Å². The van der Waals surface area contributed by atoms with Crippen LogP contribution >= 0.6 is 35.3 Å². The van der Waals surface area contributed by atoms with Gasteiger partial charge in [0.25, 0.3) is 0 Å². The number of ether oxygens (including phenoxy) is 1. The van der Waals surface area contributed by atoms with E-state index in [1.54, 1.807) is 14.0 Å². The Bertz CT molecular complexity index is 616. The average Bonchev–Trinajstić information content (AvgIpc) is 2.93. The van der Waals surface area contributed by atoms with E-state index in [1.165, 1.54) is 11.3 Å². The third-order valence-corrected chi connectivity index (χ3v) is 5.44. The molecule has 0 spiro atoms. The largest absolute Gasteiger partial charge is 0.462 e. The van der Waals surface area contributed by atoms with Crippen molar-refractivity contribution in [1.82, 2.24) is 20.5 Å². The number of likely N-dealkylation sites (N-methyl/N-ethyl adjacent to an activating group) is 1. The second-order valence-electron chi connectivity index (χ2n) is 6.69. The molecule has 0 saturated heterocycles. The Morgan fingerprint density at radius 2 is 2.04 bits per heavy atom. The van der Waals surface area contributed by atoms with Crippen molar-refractivity contribution in [3.05, 3.63) is 15.6 Å². The minimum absolute atomic E-state index is 0. The first-order valence-corrected chi connectivity index (χ1v) is 9.23. The van der Waals surface area contributed by atoms with Crippen molar-refractivity contribution in [2.75, 3.05) is 34.3 Å². The summed E-state index contributed by atoms with van der Waals surface area (Å²) in [6.07, 6.45) is 0. The SMILES string of the molecule is CCOC(=O)c1sc(C(C)NC(=NC)NCC(C)(C)N(C)C)nc1C.I. The van der Waals surface area contributed by atoms with Gasteiger partial charge in [-0.1, -0.05) is 0 Å². The molecule has 0 aliphatic rings. The Morgan fingerprint density at radius 3 is 2.54 bits per heavy atom. The molecule has 7 nitrogen and oxygen atoms in total. The van der Waals surface area contributed by atoms with E-state index in [0.717, 1.165) is 11.6 Å². The zero-order valence-corrected chi connectivity index (χ0v) is 20.1. The van der Waals surface area contributed by atoms with Crippen molar-refractivity contribution in [3.8, 4) is 0 Å². The molecular formula is C17H32IN5O2S. The van der Waals surface area contributed by atoms with E-state index in [4.69, 9.17) is 4.74 Å². The second-order valence-corrected chi connectivity index (χ2v) is 7.72. The molecule has 0 aromatic carbocycles. The fourth-order valence-corrected chi connectivity index (χ4v) is 2.87. The fourth-order valence-electron chi connectivity index (χ4n) is 1.91. The molecule has 1 unspecified atom stereocenters. The standard InChI is InChI=1S/C17H31N5O2S.HI/c1-9-24-15(23)13-11(2)20-14(25-13)12(3)21-16(18-6)19-10-17(4,5)22(7)8;/h12H,9-10H2,1-8H3,(H2,18,19,21);1H. The van der Waals surface area contributed by atoms with Gasteiger partial charge in [0, 0.05) is 19.1 Å².